The Morgan fingerprint density at radius 2 is 2.35 bits per heavy atom. The van der Waals surface area contributed by atoms with Crippen molar-refractivity contribution in [2.45, 2.75) is 32.4 Å². The lowest BCUT2D eigenvalue weighted by Gasteiger charge is -2.30. The number of hydrogen-bond acceptors (Lipinski definition) is 4. The molecule has 1 aliphatic rings. The van der Waals surface area contributed by atoms with Crippen molar-refractivity contribution >= 4 is 0 Å². The van der Waals surface area contributed by atoms with E-state index in [9.17, 15) is 0 Å². The number of nitrogens with zero attached hydrogens (tertiary/aromatic N) is 4. The third kappa shape index (κ3) is 3.59. The van der Waals surface area contributed by atoms with Gasteiger partial charge < -0.3 is 15.2 Å². The first-order valence-electron chi connectivity index (χ1n) is 7.74. The molecule has 1 fully saturated rings. The lowest BCUT2D eigenvalue weighted by molar-refractivity contribution is 0.204. The number of aromatic nitrogens is 2. The van der Waals surface area contributed by atoms with Crippen LogP contribution in [0, 0.1) is 5.92 Å². The van der Waals surface area contributed by atoms with Crippen LogP contribution in [0.2, 0.25) is 0 Å². The minimum Gasteiger partial charge on any atom is -0.333 e. The molecule has 1 saturated heterocycles. The summed E-state index contributed by atoms with van der Waals surface area (Å²) < 4.78 is 2.24. The normalized spacial score (nSPS) is 21.8. The van der Waals surface area contributed by atoms with E-state index in [2.05, 4.69) is 40.4 Å². The van der Waals surface area contributed by atoms with Crippen LogP contribution in [0.15, 0.2) is 12.5 Å². The Balaban J connectivity index is 2.01. The lowest BCUT2D eigenvalue weighted by Crippen LogP contribution is -2.36. The van der Waals surface area contributed by atoms with Crippen molar-refractivity contribution in [2.24, 2.45) is 11.7 Å². The smallest absolute Gasteiger partial charge is 0.0948 e. The van der Waals surface area contributed by atoms with Gasteiger partial charge in [-0.25, -0.2) is 4.98 Å². The molecule has 2 N–H and O–H groups in total. The zero-order chi connectivity index (χ0) is 14.5. The van der Waals surface area contributed by atoms with Crippen molar-refractivity contribution in [2.75, 3.05) is 40.3 Å². The molecular formula is C15H29N5. The van der Waals surface area contributed by atoms with Gasteiger partial charge in [0.1, 0.15) is 0 Å². The highest BCUT2D eigenvalue weighted by Crippen LogP contribution is 2.22. The van der Waals surface area contributed by atoms with Gasteiger partial charge >= 0.3 is 0 Å². The number of nitrogens with two attached hydrogens (primary N) is 1. The molecule has 2 unspecified atom stereocenters. The van der Waals surface area contributed by atoms with E-state index >= 15 is 0 Å². The minimum atomic E-state index is 0.273. The fourth-order valence-electron chi connectivity index (χ4n) is 3.27. The Labute approximate surface area is 122 Å². The summed E-state index contributed by atoms with van der Waals surface area (Å²) in [5, 5.41) is 0. The first-order valence-corrected chi connectivity index (χ1v) is 7.74. The summed E-state index contributed by atoms with van der Waals surface area (Å²) in [6.07, 6.45) is 6.33. The molecule has 0 radical (unpaired) electrons. The van der Waals surface area contributed by atoms with E-state index in [1.807, 2.05) is 12.5 Å². The third-order valence-electron chi connectivity index (χ3n) is 4.34. The predicted molar refractivity (Wildman–Crippen MR) is 82.5 cm³/mol. The van der Waals surface area contributed by atoms with Crippen LogP contribution in [0.4, 0.5) is 0 Å². The maximum absolute atomic E-state index is 6.04. The van der Waals surface area contributed by atoms with Crippen molar-refractivity contribution in [1.29, 1.82) is 0 Å². The average molecular weight is 279 g/mol. The van der Waals surface area contributed by atoms with E-state index < -0.39 is 0 Å². The van der Waals surface area contributed by atoms with E-state index in [1.54, 1.807) is 0 Å². The largest absolute Gasteiger partial charge is 0.333 e. The van der Waals surface area contributed by atoms with Gasteiger partial charge in [-0.1, -0.05) is 6.92 Å². The molecule has 5 heteroatoms. The standard InChI is InChI=1S/C15H29N5/c1-4-6-20-12-17-9-15(20)14(8-16)19(3)11-13-5-7-18(2)10-13/h9,12-14H,4-8,10-11,16H2,1-3H3. The highest BCUT2D eigenvalue weighted by Gasteiger charge is 2.25. The summed E-state index contributed by atoms with van der Waals surface area (Å²) in [5.74, 6) is 0.765. The van der Waals surface area contributed by atoms with Gasteiger partial charge in [0.2, 0.25) is 0 Å². The molecule has 20 heavy (non-hydrogen) atoms. The van der Waals surface area contributed by atoms with E-state index in [-0.39, 0.29) is 6.04 Å². The van der Waals surface area contributed by atoms with Gasteiger partial charge in [0, 0.05) is 32.4 Å². The molecule has 0 spiro atoms. The number of likely N-dealkylation sites (N-methyl/N-ethyl adjacent to an activating group) is 1. The molecule has 0 aliphatic carbocycles. The number of aryl methyl sites for hydroxylation is 1. The fraction of sp³-hybridized carbons (Fsp3) is 0.800. The summed E-state index contributed by atoms with van der Waals surface area (Å²) in [6, 6.07) is 0.273. The van der Waals surface area contributed by atoms with E-state index in [0.29, 0.717) is 6.54 Å². The minimum absolute atomic E-state index is 0.273. The number of imidazole rings is 1. The maximum Gasteiger partial charge on any atom is 0.0948 e. The summed E-state index contributed by atoms with van der Waals surface area (Å²) in [4.78, 5) is 9.13. The third-order valence-corrected chi connectivity index (χ3v) is 4.34. The Kier molecular flexibility index (Phi) is 5.57. The molecule has 1 aromatic rings. The second-order valence-corrected chi connectivity index (χ2v) is 6.12. The zero-order valence-corrected chi connectivity index (χ0v) is 13.1. The molecule has 2 heterocycles. The molecule has 5 nitrogen and oxygen atoms in total. The van der Waals surface area contributed by atoms with Gasteiger partial charge in [-0.15, -0.1) is 0 Å². The van der Waals surface area contributed by atoms with Gasteiger partial charge in [-0.3, -0.25) is 4.90 Å². The number of rotatable bonds is 7. The monoisotopic (exact) mass is 279 g/mol. The summed E-state index contributed by atoms with van der Waals surface area (Å²) in [7, 11) is 4.40. The van der Waals surface area contributed by atoms with E-state index in [4.69, 9.17) is 5.73 Å². The SMILES string of the molecule is CCCn1cncc1C(CN)N(C)CC1CCN(C)C1. The predicted octanol–water partition coefficient (Wildman–Crippen LogP) is 1.18. The maximum atomic E-state index is 6.04. The number of hydrogen-bond donors (Lipinski definition) is 1. The molecule has 0 saturated carbocycles. The van der Waals surface area contributed by atoms with Crippen LogP contribution >= 0.6 is 0 Å². The molecule has 1 aliphatic heterocycles. The molecule has 0 bridgehead atoms. The van der Waals surface area contributed by atoms with Crippen LogP contribution < -0.4 is 5.73 Å². The molecule has 0 amide bonds. The molecule has 2 atom stereocenters. The Morgan fingerprint density at radius 1 is 1.55 bits per heavy atom. The highest BCUT2D eigenvalue weighted by atomic mass is 15.2. The lowest BCUT2D eigenvalue weighted by atomic mass is 10.1. The number of likely N-dealkylation sites (tertiary alicyclic amines) is 1. The van der Waals surface area contributed by atoms with Crippen LogP contribution in [0.5, 0.6) is 0 Å². The quantitative estimate of drug-likeness (QED) is 0.814. The van der Waals surface area contributed by atoms with Crippen LogP contribution in [0.25, 0.3) is 0 Å². The van der Waals surface area contributed by atoms with Crippen LogP contribution in [-0.2, 0) is 6.54 Å². The van der Waals surface area contributed by atoms with Gasteiger partial charge in [-0.05, 0) is 39.4 Å². The van der Waals surface area contributed by atoms with Gasteiger partial charge in [-0.2, -0.15) is 0 Å². The van der Waals surface area contributed by atoms with Gasteiger partial charge in [0.25, 0.3) is 0 Å². The van der Waals surface area contributed by atoms with Crippen LogP contribution in [-0.4, -0.2) is 59.6 Å². The molecule has 0 aromatic carbocycles. The molecule has 2 rings (SSSR count). The van der Waals surface area contributed by atoms with E-state index in [0.717, 1.165) is 25.4 Å². The second kappa shape index (κ2) is 7.20. The second-order valence-electron chi connectivity index (χ2n) is 6.12. The summed E-state index contributed by atoms with van der Waals surface area (Å²) in [6.45, 7) is 7.40. The van der Waals surface area contributed by atoms with Gasteiger partial charge in [0.15, 0.2) is 0 Å². The Morgan fingerprint density at radius 3 is 2.95 bits per heavy atom. The molecule has 114 valence electrons. The van der Waals surface area contributed by atoms with Crippen molar-refractivity contribution in [3.8, 4) is 0 Å². The van der Waals surface area contributed by atoms with Crippen molar-refractivity contribution < 1.29 is 0 Å². The molecular weight excluding hydrogens is 250 g/mol. The van der Waals surface area contributed by atoms with Gasteiger partial charge in [0.05, 0.1) is 18.1 Å². The summed E-state index contributed by atoms with van der Waals surface area (Å²) in [5.41, 5.74) is 7.29. The zero-order valence-electron chi connectivity index (χ0n) is 13.1. The summed E-state index contributed by atoms with van der Waals surface area (Å²) >= 11 is 0. The van der Waals surface area contributed by atoms with E-state index in [1.165, 1.54) is 25.2 Å². The van der Waals surface area contributed by atoms with Crippen molar-refractivity contribution in [1.82, 2.24) is 19.4 Å². The highest BCUT2D eigenvalue weighted by molar-refractivity contribution is 5.06. The van der Waals surface area contributed by atoms with Crippen molar-refractivity contribution in [3.63, 3.8) is 0 Å². The molecule has 1 aromatic heterocycles. The van der Waals surface area contributed by atoms with Crippen LogP contribution in [0.3, 0.4) is 0 Å². The Hall–Kier alpha value is -0.910. The Bertz CT molecular complexity index is 403. The van der Waals surface area contributed by atoms with Crippen LogP contribution in [0.1, 0.15) is 31.5 Å². The first-order chi connectivity index (χ1) is 9.65. The fourth-order valence-corrected chi connectivity index (χ4v) is 3.27. The average Bonchev–Trinajstić information content (AvgIpc) is 3.01. The first kappa shape index (κ1) is 15.5. The van der Waals surface area contributed by atoms with Crippen molar-refractivity contribution in [3.05, 3.63) is 18.2 Å². The topological polar surface area (TPSA) is 50.3 Å².